The van der Waals surface area contributed by atoms with Crippen LogP contribution in [0.25, 0.3) is 0 Å². The third-order valence-corrected chi connectivity index (χ3v) is 9.37. The number of rotatable bonds is 38. The fourth-order valence-corrected chi connectivity index (χ4v) is 5.95. The molecule has 0 saturated heterocycles. The van der Waals surface area contributed by atoms with Crippen molar-refractivity contribution in [3.63, 3.8) is 0 Å². The number of esters is 2. The second-order valence-corrected chi connectivity index (χ2v) is 15.6. The lowest BCUT2D eigenvalue weighted by molar-refractivity contribution is -0.887. The molecule has 1 N–H and O–H groups in total. The molecule has 0 aromatic carbocycles. The zero-order valence-corrected chi connectivity index (χ0v) is 36.3. The standard InChI is InChI=1S/C48H81NO7/c1-6-8-10-12-14-16-18-20-22-24-26-28-30-32-34-36-38-46(50)55-43-44(42-54-41-40-45(48(52)53)49(3,4)5)56-47(51)39-37-35-33-31-29-27-25-23-21-19-17-15-13-11-9-7-2/h8,10,14,16,20,22-23,25-29,44-45H,6-7,9,11-13,15,17-19,21,24,30-43H2,1-5H3/p+1/b10-8+,16-14+,22-20+,25-23+,28-26+,29-27+. The number of likely N-dealkylation sites (N-methyl/N-ethyl adjacent to an activating group) is 1. The summed E-state index contributed by atoms with van der Waals surface area (Å²) in [6.45, 7) is 4.54. The number of quaternary nitrogens is 1. The first kappa shape index (κ1) is 52.8. The van der Waals surface area contributed by atoms with Crippen molar-refractivity contribution in [3.8, 4) is 0 Å². The smallest absolute Gasteiger partial charge is 0.362 e. The molecule has 0 aliphatic heterocycles. The molecule has 0 amide bonds. The first-order valence-corrected chi connectivity index (χ1v) is 22.0. The minimum absolute atomic E-state index is 0.0364. The summed E-state index contributed by atoms with van der Waals surface area (Å²) in [6.07, 6.45) is 48.0. The van der Waals surface area contributed by atoms with Gasteiger partial charge in [-0.15, -0.1) is 0 Å². The second kappa shape index (κ2) is 38.6. The minimum Gasteiger partial charge on any atom is -0.477 e. The number of hydrogen-bond acceptors (Lipinski definition) is 6. The van der Waals surface area contributed by atoms with E-state index < -0.39 is 18.1 Å². The average Bonchev–Trinajstić information content (AvgIpc) is 3.15. The number of hydrogen-bond donors (Lipinski definition) is 1. The van der Waals surface area contributed by atoms with Crippen molar-refractivity contribution in [1.82, 2.24) is 0 Å². The van der Waals surface area contributed by atoms with E-state index in [1.165, 1.54) is 44.9 Å². The Morgan fingerprint density at radius 2 is 1.05 bits per heavy atom. The maximum absolute atomic E-state index is 12.7. The molecule has 56 heavy (non-hydrogen) atoms. The van der Waals surface area contributed by atoms with Crippen molar-refractivity contribution in [1.29, 1.82) is 0 Å². The Labute approximate surface area is 342 Å². The molecule has 0 bridgehead atoms. The van der Waals surface area contributed by atoms with E-state index in [0.717, 1.165) is 83.5 Å². The monoisotopic (exact) mass is 785 g/mol. The van der Waals surface area contributed by atoms with Gasteiger partial charge in [0.15, 0.2) is 12.1 Å². The zero-order chi connectivity index (χ0) is 41.4. The van der Waals surface area contributed by atoms with Gasteiger partial charge in [0.05, 0.1) is 34.4 Å². The minimum atomic E-state index is -0.887. The molecule has 0 spiro atoms. The molecule has 0 rings (SSSR count). The van der Waals surface area contributed by atoms with Gasteiger partial charge in [0.2, 0.25) is 0 Å². The molecule has 0 radical (unpaired) electrons. The summed E-state index contributed by atoms with van der Waals surface area (Å²) < 4.78 is 17.2. The number of aliphatic carboxylic acids is 1. The van der Waals surface area contributed by atoms with E-state index >= 15 is 0 Å². The van der Waals surface area contributed by atoms with Gasteiger partial charge in [-0.2, -0.15) is 0 Å². The van der Waals surface area contributed by atoms with Gasteiger partial charge < -0.3 is 23.8 Å². The SMILES string of the molecule is CC/C=C/C/C=C/C/C=C/C/C=C/CCCCCC(=O)OCC(COCCC(C(=O)O)[N+](C)(C)C)OC(=O)CCCCC/C=C/C=C/CCCCCCCCC. The highest BCUT2D eigenvalue weighted by atomic mass is 16.6. The Morgan fingerprint density at radius 3 is 1.59 bits per heavy atom. The van der Waals surface area contributed by atoms with E-state index in [0.29, 0.717) is 12.8 Å². The molecular formula is C48H82NO7+. The molecule has 8 nitrogen and oxygen atoms in total. The first-order chi connectivity index (χ1) is 27.1. The van der Waals surface area contributed by atoms with Crippen LogP contribution in [-0.2, 0) is 28.6 Å². The molecule has 0 aliphatic carbocycles. The molecular weight excluding hydrogens is 703 g/mol. The van der Waals surface area contributed by atoms with Crippen LogP contribution in [0, 0.1) is 0 Å². The Hall–Kier alpha value is -3.23. The third-order valence-electron chi connectivity index (χ3n) is 9.37. The molecule has 0 fully saturated rings. The highest BCUT2D eigenvalue weighted by molar-refractivity contribution is 5.72. The van der Waals surface area contributed by atoms with Gasteiger partial charge in [-0.05, 0) is 77.0 Å². The quantitative estimate of drug-likeness (QED) is 0.0219. The number of carboxylic acid groups (broad SMARTS) is 1. The van der Waals surface area contributed by atoms with Crippen LogP contribution in [0.2, 0.25) is 0 Å². The third kappa shape index (κ3) is 36.4. The van der Waals surface area contributed by atoms with Crippen LogP contribution in [0.15, 0.2) is 72.9 Å². The van der Waals surface area contributed by atoms with E-state index in [1.54, 1.807) is 0 Å². The maximum Gasteiger partial charge on any atom is 0.362 e. The number of carboxylic acids is 1. The lowest BCUT2D eigenvalue weighted by Crippen LogP contribution is -2.50. The Bertz CT molecular complexity index is 1140. The summed E-state index contributed by atoms with van der Waals surface area (Å²) in [7, 11) is 5.50. The van der Waals surface area contributed by atoms with Gasteiger partial charge in [-0.25, -0.2) is 4.79 Å². The predicted molar refractivity (Wildman–Crippen MR) is 233 cm³/mol. The van der Waals surface area contributed by atoms with Crippen molar-refractivity contribution in [2.75, 3.05) is 41.0 Å². The maximum atomic E-state index is 12.7. The summed E-state index contributed by atoms with van der Waals surface area (Å²) in [4.78, 5) is 37.0. The summed E-state index contributed by atoms with van der Waals surface area (Å²) in [5.41, 5.74) is 0. The fourth-order valence-electron chi connectivity index (χ4n) is 5.95. The molecule has 2 atom stereocenters. The highest BCUT2D eigenvalue weighted by Gasteiger charge is 2.31. The number of carbonyl (C=O) groups excluding carboxylic acids is 2. The largest absolute Gasteiger partial charge is 0.477 e. The Morgan fingerprint density at radius 1 is 0.571 bits per heavy atom. The van der Waals surface area contributed by atoms with Crippen LogP contribution >= 0.6 is 0 Å². The van der Waals surface area contributed by atoms with Crippen LogP contribution in [0.5, 0.6) is 0 Å². The van der Waals surface area contributed by atoms with Crippen LogP contribution < -0.4 is 0 Å². The topological polar surface area (TPSA) is 99.1 Å². The van der Waals surface area contributed by atoms with Crippen molar-refractivity contribution in [3.05, 3.63) is 72.9 Å². The molecule has 8 heteroatoms. The van der Waals surface area contributed by atoms with Gasteiger partial charge in [-0.3, -0.25) is 9.59 Å². The van der Waals surface area contributed by atoms with Crippen molar-refractivity contribution in [2.24, 2.45) is 0 Å². The molecule has 0 aliphatic rings. The number of ether oxygens (including phenoxy) is 3. The summed E-state index contributed by atoms with van der Waals surface area (Å²) in [5.74, 6) is -1.55. The van der Waals surface area contributed by atoms with Gasteiger partial charge in [0, 0.05) is 19.3 Å². The van der Waals surface area contributed by atoms with Crippen LogP contribution in [0.4, 0.5) is 0 Å². The van der Waals surface area contributed by atoms with Crippen LogP contribution in [0.3, 0.4) is 0 Å². The van der Waals surface area contributed by atoms with Gasteiger partial charge in [-0.1, -0.05) is 138 Å². The van der Waals surface area contributed by atoms with Gasteiger partial charge >= 0.3 is 17.9 Å². The molecule has 0 saturated carbocycles. The van der Waals surface area contributed by atoms with E-state index in [9.17, 15) is 19.5 Å². The number of nitrogens with zero attached hydrogens (tertiary/aromatic N) is 1. The number of allylic oxidation sites excluding steroid dienone is 12. The van der Waals surface area contributed by atoms with Crippen LogP contribution in [-0.4, -0.2) is 80.6 Å². The molecule has 320 valence electrons. The van der Waals surface area contributed by atoms with E-state index in [-0.39, 0.29) is 42.7 Å². The first-order valence-electron chi connectivity index (χ1n) is 22.0. The highest BCUT2D eigenvalue weighted by Crippen LogP contribution is 2.12. The number of unbranched alkanes of at least 4 members (excludes halogenated alkanes) is 13. The van der Waals surface area contributed by atoms with Gasteiger partial charge in [0.25, 0.3) is 0 Å². The normalized spacial score (nSPS) is 13.7. The molecule has 0 aromatic heterocycles. The van der Waals surface area contributed by atoms with Crippen LogP contribution in [0.1, 0.15) is 162 Å². The van der Waals surface area contributed by atoms with Crippen molar-refractivity contribution < 1.29 is 38.2 Å². The fraction of sp³-hybridized carbons (Fsp3) is 0.688. The Kier molecular flexibility index (Phi) is 36.4. The summed E-state index contributed by atoms with van der Waals surface area (Å²) in [6, 6.07) is -0.627. The molecule has 0 heterocycles. The zero-order valence-electron chi connectivity index (χ0n) is 36.3. The van der Waals surface area contributed by atoms with Gasteiger partial charge in [0.1, 0.15) is 6.61 Å². The lowest BCUT2D eigenvalue weighted by atomic mass is 10.1. The number of carbonyl (C=O) groups is 3. The van der Waals surface area contributed by atoms with E-state index in [1.807, 2.05) is 21.1 Å². The second-order valence-electron chi connectivity index (χ2n) is 15.6. The molecule has 0 aromatic rings. The predicted octanol–water partition coefficient (Wildman–Crippen LogP) is 12.0. The van der Waals surface area contributed by atoms with Crippen molar-refractivity contribution >= 4 is 17.9 Å². The van der Waals surface area contributed by atoms with E-state index in [4.69, 9.17) is 14.2 Å². The van der Waals surface area contributed by atoms with E-state index in [2.05, 4.69) is 86.8 Å². The summed E-state index contributed by atoms with van der Waals surface area (Å²) >= 11 is 0. The van der Waals surface area contributed by atoms with Crippen molar-refractivity contribution in [2.45, 2.75) is 174 Å². The Balaban J connectivity index is 4.47. The average molecular weight is 785 g/mol. The summed E-state index contributed by atoms with van der Waals surface area (Å²) in [5, 5.41) is 9.61. The molecule has 2 unspecified atom stereocenters. The lowest BCUT2D eigenvalue weighted by Gasteiger charge is -2.31.